The third kappa shape index (κ3) is 4.85. The number of ether oxygens (including phenoxy) is 1. The molecule has 1 unspecified atom stereocenters. The molecule has 0 N–H and O–H groups in total. The SMILES string of the molecule is CCC(c1nc2ccccc2c(=O)n1CC)N(CCC(C)C)C(=O)c1cccc(OC)c1. The summed E-state index contributed by atoms with van der Waals surface area (Å²) < 4.78 is 7.03. The molecule has 0 radical (unpaired) electrons. The average Bonchev–Trinajstić information content (AvgIpc) is 2.81. The maximum Gasteiger partial charge on any atom is 0.261 e. The first kappa shape index (κ1) is 23.5. The van der Waals surface area contributed by atoms with Crippen molar-refractivity contribution in [3.63, 3.8) is 0 Å². The van der Waals surface area contributed by atoms with Crippen LogP contribution in [0.3, 0.4) is 0 Å². The summed E-state index contributed by atoms with van der Waals surface area (Å²) in [6.45, 7) is 9.34. The van der Waals surface area contributed by atoms with Gasteiger partial charge in [-0.3, -0.25) is 14.2 Å². The van der Waals surface area contributed by atoms with E-state index in [1.807, 2.05) is 49.1 Å². The third-order valence-corrected chi connectivity index (χ3v) is 5.79. The lowest BCUT2D eigenvalue weighted by Gasteiger charge is -2.33. The zero-order valence-corrected chi connectivity index (χ0v) is 19.7. The van der Waals surface area contributed by atoms with Gasteiger partial charge in [0.15, 0.2) is 0 Å². The van der Waals surface area contributed by atoms with Crippen LogP contribution in [0, 0.1) is 5.92 Å². The zero-order chi connectivity index (χ0) is 23.3. The standard InChI is InChI=1S/C26H33N3O3/c1-6-23(24-27-22-14-9-8-13-21(22)26(31)28(24)7-2)29(16-15-18(3)4)25(30)19-11-10-12-20(17-19)32-5/h8-14,17-18,23H,6-7,15-16H2,1-5H3. The molecule has 0 saturated carbocycles. The molecule has 0 aliphatic heterocycles. The second-order valence-electron chi connectivity index (χ2n) is 8.37. The largest absolute Gasteiger partial charge is 0.497 e. The number of methoxy groups -OCH3 is 1. The zero-order valence-electron chi connectivity index (χ0n) is 19.7. The van der Waals surface area contributed by atoms with E-state index in [0.717, 1.165) is 6.42 Å². The van der Waals surface area contributed by atoms with Crippen LogP contribution in [-0.2, 0) is 6.54 Å². The predicted octanol–water partition coefficient (Wildman–Crippen LogP) is 5.06. The molecule has 2 aromatic carbocycles. The molecular weight excluding hydrogens is 402 g/mol. The van der Waals surface area contributed by atoms with E-state index >= 15 is 0 Å². The minimum Gasteiger partial charge on any atom is -0.497 e. The van der Waals surface area contributed by atoms with Crippen LogP contribution in [0.25, 0.3) is 10.9 Å². The molecule has 0 spiro atoms. The van der Waals surface area contributed by atoms with E-state index < -0.39 is 0 Å². The second-order valence-corrected chi connectivity index (χ2v) is 8.37. The summed E-state index contributed by atoms with van der Waals surface area (Å²) in [5, 5.41) is 0.598. The Morgan fingerprint density at radius 2 is 1.88 bits per heavy atom. The summed E-state index contributed by atoms with van der Waals surface area (Å²) in [6, 6.07) is 14.3. The quantitative estimate of drug-likeness (QED) is 0.471. The summed E-state index contributed by atoms with van der Waals surface area (Å²) in [5.41, 5.74) is 1.16. The Kier molecular flexibility index (Phi) is 7.67. The van der Waals surface area contributed by atoms with Crippen LogP contribution in [0.5, 0.6) is 5.75 Å². The Bertz CT molecular complexity index is 1140. The molecule has 0 aliphatic carbocycles. The first-order valence-electron chi connectivity index (χ1n) is 11.4. The molecule has 0 bridgehead atoms. The number of hydrogen-bond acceptors (Lipinski definition) is 4. The van der Waals surface area contributed by atoms with Crippen molar-refractivity contribution in [2.45, 2.75) is 53.1 Å². The number of rotatable bonds is 9. The smallest absolute Gasteiger partial charge is 0.261 e. The number of hydrogen-bond donors (Lipinski definition) is 0. The van der Waals surface area contributed by atoms with Crippen molar-refractivity contribution in [2.75, 3.05) is 13.7 Å². The van der Waals surface area contributed by atoms with Gasteiger partial charge in [0.25, 0.3) is 11.5 Å². The number of aromatic nitrogens is 2. The van der Waals surface area contributed by atoms with E-state index in [-0.39, 0.29) is 17.5 Å². The first-order valence-corrected chi connectivity index (χ1v) is 11.4. The molecule has 1 aromatic heterocycles. The number of para-hydroxylation sites is 1. The van der Waals surface area contributed by atoms with E-state index in [9.17, 15) is 9.59 Å². The van der Waals surface area contributed by atoms with Crippen molar-refractivity contribution in [3.8, 4) is 5.75 Å². The molecule has 3 aromatic rings. The molecule has 1 amide bonds. The highest BCUT2D eigenvalue weighted by Crippen LogP contribution is 2.27. The van der Waals surface area contributed by atoms with Crippen LogP contribution in [0.4, 0.5) is 0 Å². The molecule has 0 fully saturated rings. The third-order valence-electron chi connectivity index (χ3n) is 5.79. The molecule has 6 nitrogen and oxygen atoms in total. The Morgan fingerprint density at radius 3 is 2.53 bits per heavy atom. The molecule has 3 rings (SSSR count). The molecule has 1 heterocycles. The number of amides is 1. The maximum absolute atomic E-state index is 13.7. The van der Waals surface area contributed by atoms with Crippen LogP contribution >= 0.6 is 0 Å². The Labute approximate surface area is 189 Å². The monoisotopic (exact) mass is 435 g/mol. The van der Waals surface area contributed by atoms with Crippen LogP contribution in [0.2, 0.25) is 0 Å². The van der Waals surface area contributed by atoms with Gasteiger partial charge in [-0.2, -0.15) is 0 Å². The summed E-state index contributed by atoms with van der Waals surface area (Å²) in [5.74, 6) is 1.63. The summed E-state index contributed by atoms with van der Waals surface area (Å²) in [4.78, 5) is 33.7. The number of fused-ring (bicyclic) bond motifs is 1. The normalized spacial score (nSPS) is 12.2. The van der Waals surface area contributed by atoms with E-state index in [1.165, 1.54) is 0 Å². The van der Waals surface area contributed by atoms with Gasteiger partial charge < -0.3 is 9.64 Å². The van der Waals surface area contributed by atoms with Crippen LogP contribution in [-0.4, -0.2) is 34.0 Å². The van der Waals surface area contributed by atoms with Gasteiger partial charge in [-0.15, -0.1) is 0 Å². The summed E-state index contributed by atoms with van der Waals surface area (Å²) in [6.07, 6.45) is 1.51. The number of carbonyl (C=O) groups is 1. The van der Waals surface area contributed by atoms with Crippen molar-refractivity contribution in [3.05, 3.63) is 70.3 Å². The minimum absolute atomic E-state index is 0.0656. The Morgan fingerprint density at radius 1 is 1.12 bits per heavy atom. The van der Waals surface area contributed by atoms with Crippen molar-refractivity contribution in [1.29, 1.82) is 0 Å². The van der Waals surface area contributed by atoms with E-state index in [0.29, 0.717) is 53.5 Å². The molecular formula is C26H33N3O3. The number of nitrogens with zero attached hydrogens (tertiary/aromatic N) is 3. The van der Waals surface area contributed by atoms with Gasteiger partial charge in [-0.05, 0) is 56.0 Å². The van der Waals surface area contributed by atoms with Crippen molar-refractivity contribution in [1.82, 2.24) is 14.5 Å². The number of benzene rings is 2. The molecule has 1 atom stereocenters. The van der Waals surface area contributed by atoms with Crippen molar-refractivity contribution >= 4 is 16.8 Å². The number of carbonyl (C=O) groups excluding carboxylic acids is 1. The highest BCUT2D eigenvalue weighted by Gasteiger charge is 2.29. The summed E-state index contributed by atoms with van der Waals surface area (Å²) in [7, 11) is 1.59. The molecule has 0 aliphatic rings. The van der Waals surface area contributed by atoms with Crippen LogP contribution < -0.4 is 10.3 Å². The lowest BCUT2D eigenvalue weighted by atomic mass is 10.0. The van der Waals surface area contributed by atoms with Gasteiger partial charge >= 0.3 is 0 Å². The molecule has 32 heavy (non-hydrogen) atoms. The molecule has 170 valence electrons. The lowest BCUT2D eigenvalue weighted by molar-refractivity contribution is 0.0646. The van der Waals surface area contributed by atoms with Gasteiger partial charge in [0.1, 0.15) is 11.6 Å². The Hall–Kier alpha value is -3.15. The average molecular weight is 436 g/mol. The molecule has 0 saturated heterocycles. The van der Waals surface area contributed by atoms with Gasteiger partial charge in [-0.1, -0.05) is 39.0 Å². The lowest BCUT2D eigenvalue weighted by Crippen LogP contribution is -2.39. The topological polar surface area (TPSA) is 64.4 Å². The van der Waals surface area contributed by atoms with Crippen molar-refractivity contribution < 1.29 is 9.53 Å². The van der Waals surface area contributed by atoms with E-state index in [2.05, 4.69) is 13.8 Å². The fourth-order valence-electron chi connectivity index (χ4n) is 4.01. The minimum atomic E-state index is -0.315. The first-order chi connectivity index (χ1) is 15.4. The van der Waals surface area contributed by atoms with Gasteiger partial charge in [0.2, 0.25) is 0 Å². The van der Waals surface area contributed by atoms with Gasteiger partial charge in [-0.25, -0.2) is 4.98 Å². The molecule has 6 heteroatoms. The van der Waals surface area contributed by atoms with E-state index in [1.54, 1.807) is 29.9 Å². The van der Waals surface area contributed by atoms with Gasteiger partial charge in [0.05, 0.1) is 24.1 Å². The Balaban J connectivity index is 2.14. The second kappa shape index (κ2) is 10.4. The fourth-order valence-corrected chi connectivity index (χ4v) is 4.01. The highest BCUT2D eigenvalue weighted by atomic mass is 16.5. The van der Waals surface area contributed by atoms with E-state index in [4.69, 9.17) is 9.72 Å². The summed E-state index contributed by atoms with van der Waals surface area (Å²) >= 11 is 0. The van der Waals surface area contributed by atoms with Crippen LogP contribution in [0.1, 0.15) is 62.8 Å². The van der Waals surface area contributed by atoms with Crippen molar-refractivity contribution in [2.24, 2.45) is 5.92 Å². The highest BCUT2D eigenvalue weighted by molar-refractivity contribution is 5.95. The maximum atomic E-state index is 13.7. The fraction of sp³-hybridized carbons (Fsp3) is 0.423. The van der Waals surface area contributed by atoms with Gasteiger partial charge in [0, 0.05) is 18.7 Å². The predicted molar refractivity (Wildman–Crippen MR) is 128 cm³/mol. The van der Waals surface area contributed by atoms with Crippen LogP contribution in [0.15, 0.2) is 53.3 Å².